The fraction of sp³-hybridized carbons (Fsp3) is 0.520. The molecule has 0 spiro atoms. The molecular weight excluding hydrogens is 551 g/mol. The molecule has 3 N–H and O–H groups in total. The summed E-state index contributed by atoms with van der Waals surface area (Å²) in [6, 6.07) is 9.18. The summed E-state index contributed by atoms with van der Waals surface area (Å²) in [5, 5.41) is 6.05. The van der Waals surface area contributed by atoms with E-state index in [0.29, 0.717) is 27.9 Å². The molecule has 0 bridgehead atoms. The van der Waals surface area contributed by atoms with E-state index in [0.717, 1.165) is 57.5 Å². The SMILES string of the molecule is CC[C@H]1CN(c2ncc(NS(N)(=O)=O)cc2Cl)CCN1C1CCN([C@@H](C(=O)OC)c2ccc(Cl)cc2)CC1. The predicted octanol–water partition coefficient (Wildman–Crippen LogP) is 3.28. The standard InChI is InChI=1S/C25H34Cl2N6O4S/c1-3-20-16-32(24-22(27)14-19(15-29-24)30-38(28,35)36)12-13-33(20)21-8-10-31(11-9-21)23(25(34)37-2)17-4-6-18(26)7-5-17/h4-7,14-15,20-21,23,30H,3,8-13,16H2,1-2H3,(H2,28,35,36)/t20-,23+/m0/s1. The number of anilines is 2. The number of carbonyl (C=O) groups excluding carboxylic acids is 1. The van der Waals surface area contributed by atoms with E-state index in [1.807, 2.05) is 12.1 Å². The summed E-state index contributed by atoms with van der Waals surface area (Å²) >= 11 is 12.5. The quantitative estimate of drug-likeness (QED) is 0.453. The second-order valence-electron chi connectivity index (χ2n) is 9.67. The summed E-state index contributed by atoms with van der Waals surface area (Å²) in [5.74, 6) is 0.365. The zero-order valence-electron chi connectivity index (χ0n) is 21.5. The van der Waals surface area contributed by atoms with Gasteiger partial charge in [0.1, 0.15) is 11.9 Å². The maximum atomic E-state index is 12.7. The number of aromatic nitrogens is 1. The molecule has 1 aromatic heterocycles. The Labute approximate surface area is 234 Å². The van der Waals surface area contributed by atoms with Crippen molar-refractivity contribution in [3.8, 4) is 0 Å². The molecule has 0 radical (unpaired) electrons. The van der Waals surface area contributed by atoms with Crippen LogP contribution < -0.4 is 14.8 Å². The number of likely N-dealkylation sites (tertiary alicyclic amines) is 1. The van der Waals surface area contributed by atoms with Gasteiger partial charge in [-0.1, -0.05) is 42.3 Å². The molecule has 0 amide bonds. The Morgan fingerprint density at radius 3 is 2.45 bits per heavy atom. The average molecular weight is 586 g/mol. The first-order valence-corrected chi connectivity index (χ1v) is 14.9. The molecule has 2 fully saturated rings. The van der Waals surface area contributed by atoms with Crippen molar-refractivity contribution < 1.29 is 17.9 Å². The van der Waals surface area contributed by atoms with Gasteiger partial charge in [0.25, 0.3) is 10.2 Å². The Hall–Kier alpha value is -2.15. The van der Waals surface area contributed by atoms with E-state index in [1.54, 1.807) is 12.1 Å². The number of carbonyl (C=O) groups is 1. The molecule has 4 rings (SSSR count). The van der Waals surface area contributed by atoms with Gasteiger partial charge in [0.2, 0.25) is 0 Å². The largest absolute Gasteiger partial charge is 0.468 e. The molecule has 2 aromatic rings. The van der Waals surface area contributed by atoms with Crippen molar-refractivity contribution in [3.63, 3.8) is 0 Å². The first-order chi connectivity index (χ1) is 18.1. The number of piperidine rings is 1. The van der Waals surface area contributed by atoms with Crippen LogP contribution >= 0.6 is 23.2 Å². The van der Waals surface area contributed by atoms with Crippen LogP contribution in [-0.4, -0.2) is 81.1 Å². The number of pyridine rings is 1. The van der Waals surface area contributed by atoms with Gasteiger partial charge in [-0.25, -0.2) is 14.9 Å². The number of nitrogens with zero attached hydrogens (tertiary/aromatic N) is 4. The van der Waals surface area contributed by atoms with Gasteiger partial charge < -0.3 is 9.64 Å². The number of hydrogen-bond donors (Lipinski definition) is 2. The Balaban J connectivity index is 1.40. The third-order valence-electron chi connectivity index (χ3n) is 7.32. The molecule has 10 nitrogen and oxygen atoms in total. The lowest BCUT2D eigenvalue weighted by Gasteiger charge is -2.48. The first-order valence-electron chi connectivity index (χ1n) is 12.6. The molecule has 38 heavy (non-hydrogen) atoms. The zero-order valence-corrected chi connectivity index (χ0v) is 23.8. The van der Waals surface area contributed by atoms with Crippen molar-refractivity contribution in [2.45, 2.75) is 44.3 Å². The van der Waals surface area contributed by atoms with Crippen LogP contribution in [-0.2, 0) is 19.7 Å². The molecule has 2 aliphatic heterocycles. The minimum Gasteiger partial charge on any atom is -0.468 e. The normalized spacial score (nSPS) is 20.8. The van der Waals surface area contributed by atoms with Gasteiger partial charge in [-0.3, -0.25) is 14.5 Å². The summed E-state index contributed by atoms with van der Waals surface area (Å²) in [6.45, 7) is 6.13. The number of benzene rings is 1. The predicted molar refractivity (Wildman–Crippen MR) is 150 cm³/mol. The van der Waals surface area contributed by atoms with Crippen LogP contribution in [0.3, 0.4) is 0 Å². The lowest BCUT2D eigenvalue weighted by molar-refractivity contribution is -0.148. The van der Waals surface area contributed by atoms with E-state index in [2.05, 4.69) is 31.3 Å². The highest BCUT2D eigenvalue weighted by Gasteiger charge is 2.37. The van der Waals surface area contributed by atoms with Crippen molar-refractivity contribution >= 4 is 50.9 Å². The summed E-state index contributed by atoms with van der Waals surface area (Å²) < 4.78 is 29.9. The molecule has 0 unspecified atom stereocenters. The summed E-state index contributed by atoms with van der Waals surface area (Å²) in [7, 11) is -2.48. The highest BCUT2D eigenvalue weighted by atomic mass is 35.5. The van der Waals surface area contributed by atoms with E-state index in [-0.39, 0.29) is 11.7 Å². The smallest absolute Gasteiger partial charge is 0.327 e. The Kier molecular flexibility index (Phi) is 9.38. The molecule has 2 aliphatic rings. The molecule has 2 saturated heterocycles. The Bertz CT molecular complexity index is 1220. The molecular formula is C25H34Cl2N6O4S. The van der Waals surface area contributed by atoms with Gasteiger partial charge in [0, 0.05) is 49.8 Å². The maximum absolute atomic E-state index is 12.7. The van der Waals surface area contributed by atoms with Crippen LogP contribution in [0.4, 0.5) is 11.5 Å². The van der Waals surface area contributed by atoms with Gasteiger partial charge in [0.05, 0.1) is 24.0 Å². The molecule has 1 aromatic carbocycles. The topological polar surface area (TPSA) is 121 Å². The number of nitrogens with one attached hydrogen (secondary N) is 1. The van der Waals surface area contributed by atoms with E-state index in [4.69, 9.17) is 33.1 Å². The third kappa shape index (κ3) is 6.88. The minimum absolute atomic E-state index is 0.225. The number of hydrogen-bond acceptors (Lipinski definition) is 8. The van der Waals surface area contributed by atoms with E-state index >= 15 is 0 Å². The summed E-state index contributed by atoms with van der Waals surface area (Å²) in [6.07, 6.45) is 4.29. The zero-order chi connectivity index (χ0) is 27.4. The number of methoxy groups -OCH3 is 1. The van der Waals surface area contributed by atoms with Gasteiger partial charge in [-0.15, -0.1) is 0 Å². The fourth-order valence-electron chi connectivity index (χ4n) is 5.52. The number of ether oxygens (including phenoxy) is 1. The van der Waals surface area contributed by atoms with Crippen LogP contribution in [0.1, 0.15) is 37.8 Å². The summed E-state index contributed by atoms with van der Waals surface area (Å²) in [4.78, 5) is 24.0. The van der Waals surface area contributed by atoms with E-state index in [1.165, 1.54) is 19.4 Å². The average Bonchev–Trinajstić information content (AvgIpc) is 2.89. The molecule has 3 heterocycles. The van der Waals surface area contributed by atoms with Crippen molar-refractivity contribution in [1.29, 1.82) is 0 Å². The van der Waals surface area contributed by atoms with Crippen LogP contribution in [0.5, 0.6) is 0 Å². The van der Waals surface area contributed by atoms with Crippen molar-refractivity contribution in [3.05, 3.63) is 52.1 Å². The van der Waals surface area contributed by atoms with Crippen molar-refractivity contribution in [1.82, 2.24) is 14.8 Å². The number of halogens is 2. The van der Waals surface area contributed by atoms with E-state index in [9.17, 15) is 13.2 Å². The Morgan fingerprint density at radius 1 is 1.18 bits per heavy atom. The Morgan fingerprint density at radius 2 is 1.87 bits per heavy atom. The number of rotatable bonds is 8. The molecule has 208 valence electrons. The molecule has 0 saturated carbocycles. The van der Waals surface area contributed by atoms with Crippen LogP contribution in [0.15, 0.2) is 36.5 Å². The van der Waals surface area contributed by atoms with Gasteiger partial charge >= 0.3 is 5.97 Å². The first kappa shape index (κ1) is 28.8. The lowest BCUT2D eigenvalue weighted by Crippen LogP contribution is -2.58. The fourth-order valence-corrected chi connectivity index (χ4v) is 6.37. The van der Waals surface area contributed by atoms with Gasteiger partial charge in [-0.2, -0.15) is 8.42 Å². The maximum Gasteiger partial charge on any atom is 0.327 e. The third-order valence-corrected chi connectivity index (χ3v) is 8.37. The second kappa shape index (κ2) is 12.4. The van der Waals surface area contributed by atoms with Crippen LogP contribution in [0, 0.1) is 0 Å². The van der Waals surface area contributed by atoms with Crippen molar-refractivity contribution in [2.24, 2.45) is 5.14 Å². The highest BCUT2D eigenvalue weighted by Crippen LogP contribution is 2.32. The number of piperazine rings is 1. The molecule has 0 aliphatic carbocycles. The molecule has 2 atom stereocenters. The minimum atomic E-state index is -3.90. The van der Waals surface area contributed by atoms with Crippen molar-refractivity contribution in [2.75, 3.05) is 49.5 Å². The van der Waals surface area contributed by atoms with E-state index < -0.39 is 16.3 Å². The monoisotopic (exact) mass is 584 g/mol. The van der Waals surface area contributed by atoms with Gasteiger partial charge in [0.15, 0.2) is 0 Å². The van der Waals surface area contributed by atoms with Gasteiger partial charge in [-0.05, 0) is 43.0 Å². The number of esters is 1. The van der Waals surface area contributed by atoms with Crippen LogP contribution in [0.2, 0.25) is 10.0 Å². The molecule has 13 heteroatoms. The van der Waals surface area contributed by atoms with Crippen LogP contribution in [0.25, 0.3) is 0 Å². The highest BCUT2D eigenvalue weighted by molar-refractivity contribution is 7.90. The second-order valence-corrected chi connectivity index (χ2v) is 11.8. The number of nitrogens with two attached hydrogens (primary N) is 1. The summed E-state index contributed by atoms with van der Waals surface area (Å²) in [5.41, 5.74) is 1.11. The lowest BCUT2D eigenvalue weighted by atomic mass is 9.95.